The lowest BCUT2D eigenvalue weighted by Gasteiger charge is -2.32. The van der Waals surface area contributed by atoms with Crippen LogP contribution in [-0.4, -0.2) is 46.6 Å². The maximum absolute atomic E-state index is 13.0. The maximum Gasteiger partial charge on any atom is 0.282 e. The molecule has 1 saturated heterocycles. The summed E-state index contributed by atoms with van der Waals surface area (Å²) in [6.45, 7) is 2.19. The standard InChI is InChI=1S/C17H22N4O2S/c22-24(23,20-9-3-1-2-4-10-20)21-11-7-16-15(13-21)12-14-6-5-8-18-17(14)19-16/h5-6,8,12H,1-4,7,9-11,13H2. The second-order valence-corrected chi connectivity index (χ2v) is 8.48. The van der Waals surface area contributed by atoms with Gasteiger partial charge in [0.15, 0.2) is 5.65 Å². The minimum Gasteiger partial charge on any atom is -0.237 e. The molecular formula is C17H22N4O2S. The van der Waals surface area contributed by atoms with Gasteiger partial charge in [0, 0.05) is 49.9 Å². The second kappa shape index (κ2) is 6.38. The van der Waals surface area contributed by atoms with E-state index in [1.807, 2.05) is 18.2 Å². The number of pyridine rings is 2. The van der Waals surface area contributed by atoms with Crippen molar-refractivity contribution in [2.24, 2.45) is 0 Å². The Balaban J connectivity index is 1.62. The Morgan fingerprint density at radius 3 is 2.58 bits per heavy atom. The molecule has 6 nitrogen and oxygen atoms in total. The molecular weight excluding hydrogens is 324 g/mol. The molecule has 0 saturated carbocycles. The molecule has 0 radical (unpaired) electrons. The largest absolute Gasteiger partial charge is 0.282 e. The van der Waals surface area contributed by atoms with Crippen LogP contribution in [0, 0.1) is 0 Å². The van der Waals surface area contributed by atoms with E-state index in [1.54, 1.807) is 14.8 Å². The number of hydrogen-bond donors (Lipinski definition) is 0. The molecule has 0 spiro atoms. The summed E-state index contributed by atoms with van der Waals surface area (Å²) in [4.78, 5) is 8.90. The molecule has 24 heavy (non-hydrogen) atoms. The predicted octanol–water partition coefficient (Wildman–Crippen LogP) is 2.11. The van der Waals surface area contributed by atoms with Crippen molar-refractivity contribution in [2.45, 2.75) is 38.6 Å². The van der Waals surface area contributed by atoms with Crippen molar-refractivity contribution in [3.05, 3.63) is 35.7 Å². The first-order valence-electron chi connectivity index (χ1n) is 8.63. The molecule has 4 rings (SSSR count). The first kappa shape index (κ1) is 15.9. The predicted molar refractivity (Wildman–Crippen MR) is 92.6 cm³/mol. The smallest absolute Gasteiger partial charge is 0.237 e. The van der Waals surface area contributed by atoms with Crippen LogP contribution in [0.5, 0.6) is 0 Å². The summed E-state index contributed by atoms with van der Waals surface area (Å²) in [6.07, 6.45) is 6.55. The summed E-state index contributed by atoms with van der Waals surface area (Å²) >= 11 is 0. The Morgan fingerprint density at radius 2 is 1.79 bits per heavy atom. The highest BCUT2D eigenvalue weighted by molar-refractivity contribution is 7.86. The van der Waals surface area contributed by atoms with E-state index in [1.165, 1.54) is 0 Å². The van der Waals surface area contributed by atoms with Crippen LogP contribution in [0.3, 0.4) is 0 Å². The van der Waals surface area contributed by atoms with Gasteiger partial charge >= 0.3 is 0 Å². The van der Waals surface area contributed by atoms with Crippen LogP contribution in [0.25, 0.3) is 11.0 Å². The highest BCUT2D eigenvalue weighted by Gasteiger charge is 2.33. The van der Waals surface area contributed by atoms with Crippen LogP contribution in [0.1, 0.15) is 36.9 Å². The number of rotatable bonds is 2. The van der Waals surface area contributed by atoms with Crippen LogP contribution < -0.4 is 0 Å². The average molecular weight is 346 g/mol. The molecule has 128 valence electrons. The molecule has 0 amide bonds. The van der Waals surface area contributed by atoms with Crippen molar-refractivity contribution in [1.82, 2.24) is 18.6 Å². The molecule has 2 aliphatic rings. The third-order valence-electron chi connectivity index (χ3n) is 4.92. The third-order valence-corrected chi connectivity index (χ3v) is 6.90. The third kappa shape index (κ3) is 2.92. The van der Waals surface area contributed by atoms with Gasteiger partial charge in [-0.2, -0.15) is 17.0 Å². The van der Waals surface area contributed by atoms with Gasteiger partial charge in [-0.25, -0.2) is 9.97 Å². The van der Waals surface area contributed by atoms with Crippen LogP contribution >= 0.6 is 0 Å². The Bertz CT molecular complexity index is 845. The van der Waals surface area contributed by atoms with Crippen LogP contribution in [0.2, 0.25) is 0 Å². The molecule has 0 atom stereocenters. The quantitative estimate of drug-likeness (QED) is 0.835. The fourth-order valence-corrected chi connectivity index (χ4v) is 5.24. The Labute approximate surface area is 142 Å². The second-order valence-electron chi connectivity index (χ2n) is 6.55. The lowest BCUT2D eigenvalue weighted by Crippen LogP contribution is -2.46. The Morgan fingerprint density at radius 1 is 1.00 bits per heavy atom. The molecule has 0 aliphatic carbocycles. The molecule has 2 aromatic heterocycles. The average Bonchev–Trinajstić information content (AvgIpc) is 2.89. The monoisotopic (exact) mass is 346 g/mol. The summed E-state index contributed by atoms with van der Waals surface area (Å²) < 4.78 is 29.3. The fourth-order valence-electron chi connectivity index (χ4n) is 3.57. The van der Waals surface area contributed by atoms with Gasteiger partial charge in [0.05, 0.1) is 0 Å². The van der Waals surface area contributed by atoms with E-state index >= 15 is 0 Å². The van der Waals surface area contributed by atoms with Gasteiger partial charge in [0.1, 0.15) is 0 Å². The summed E-state index contributed by atoms with van der Waals surface area (Å²) in [6, 6.07) is 5.89. The zero-order valence-corrected chi connectivity index (χ0v) is 14.5. The lowest BCUT2D eigenvalue weighted by molar-refractivity contribution is 0.327. The topological polar surface area (TPSA) is 66.4 Å². The van der Waals surface area contributed by atoms with Crippen molar-refractivity contribution < 1.29 is 8.42 Å². The number of hydrogen-bond acceptors (Lipinski definition) is 4. The number of nitrogens with zero attached hydrogens (tertiary/aromatic N) is 4. The summed E-state index contributed by atoms with van der Waals surface area (Å²) in [5, 5.41) is 0.963. The van der Waals surface area contributed by atoms with Gasteiger partial charge in [-0.3, -0.25) is 0 Å². The molecule has 2 aliphatic heterocycles. The van der Waals surface area contributed by atoms with Gasteiger partial charge in [0.2, 0.25) is 0 Å². The van der Waals surface area contributed by atoms with Crippen molar-refractivity contribution in [2.75, 3.05) is 19.6 Å². The minimum absolute atomic E-state index is 0.409. The SMILES string of the molecule is O=S(=O)(N1CCCCCC1)N1CCc2nc3ncccc3cc2C1. The molecule has 0 bridgehead atoms. The first-order chi connectivity index (χ1) is 11.6. The molecule has 7 heteroatoms. The van der Waals surface area contributed by atoms with Crippen LogP contribution in [-0.2, 0) is 23.2 Å². The van der Waals surface area contributed by atoms with Gasteiger partial charge in [-0.15, -0.1) is 0 Å². The van der Waals surface area contributed by atoms with Gasteiger partial charge in [-0.05, 0) is 36.6 Å². The fraction of sp³-hybridized carbons (Fsp3) is 0.529. The number of fused-ring (bicyclic) bond motifs is 2. The molecule has 0 N–H and O–H groups in total. The van der Waals surface area contributed by atoms with Crippen LogP contribution in [0.4, 0.5) is 0 Å². The number of aromatic nitrogens is 2. The Kier molecular flexibility index (Phi) is 4.24. The normalized spacial score (nSPS) is 20.7. The van der Waals surface area contributed by atoms with E-state index < -0.39 is 10.2 Å². The van der Waals surface area contributed by atoms with E-state index in [-0.39, 0.29) is 0 Å². The molecule has 2 aromatic rings. The summed E-state index contributed by atoms with van der Waals surface area (Å²) in [7, 11) is -3.38. The van der Waals surface area contributed by atoms with Gasteiger partial charge in [0.25, 0.3) is 10.2 Å². The lowest BCUT2D eigenvalue weighted by atomic mass is 10.1. The molecule has 0 aromatic carbocycles. The minimum atomic E-state index is -3.38. The van der Waals surface area contributed by atoms with E-state index in [2.05, 4.69) is 9.97 Å². The summed E-state index contributed by atoms with van der Waals surface area (Å²) in [5.41, 5.74) is 2.71. The molecule has 1 fully saturated rings. The van der Waals surface area contributed by atoms with Crippen molar-refractivity contribution >= 4 is 21.2 Å². The molecule has 0 unspecified atom stereocenters. The van der Waals surface area contributed by atoms with E-state index in [0.717, 1.165) is 48.0 Å². The van der Waals surface area contributed by atoms with Crippen molar-refractivity contribution in [3.63, 3.8) is 0 Å². The molecule has 4 heterocycles. The summed E-state index contributed by atoms with van der Waals surface area (Å²) in [5.74, 6) is 0. The first-order valence-corrected chi connectivity index (χ1v) is 10.0. The van der Waals surface area contributed by atoms with E-state index in [0.29, 0.717) is 32.6 Å². The van der Waals surface area contributed by atoms with E-state index in [4.69, 9.17) is 0 Å². The Hall–Kier alpha value is -1.57. The van der Waals surface area contributed by atoms with Crippen molar-refractivity contribution in [3.8, 4) is 0 Å². The highest BCUT2D eigenvalue weighted by atomic mass is 32.2. The zero-order chi connectivity index (χ0) is 16.6. The van der Waals surface area contributed by atoms with Crippen molar-refractivity contribution in [1.29, 1.82) is 0 Å². The maximum atomic E-state index is 13.0. The van der Waals surface area contributed by atoms with E-state index in [9.17, 15) is 8.42 Å². The highest BCUT2D eigenvalue weighted by Crippen LogP contribution is 2.25. The van der Waals surface area contributed by atoms with Gasteiger partial charge in [-0.1, -0.05) is 12.8 Å². The van der Waals surface area contributed by atoms with Crippen LogP contribution in [0.15, 0.2) is 24.4 Å². The zero-order valence-electron chi connectivity index (χ0n) is 13.7. The van der Waals surface area contributed by atoms with Gasteiger partial charge < -0.3 is 0 Å².